The van der Waals surface area contributed by atoms with Crippen molar-refractivity contribution >= 4 is 40.8 Å². The molecule has 8 heteroatoms. The summed E-state index contributed by atoms with van der Waals surface area (Å²) in [4.78, 5) is 32.5. The Bertz CT molecular complexity index is 1480. The van der Waals surface area contributed by atoms with Gasteiger partial charge in [0.2, 0.25) is 0 Å². The van der Waals surface area contributed by atoms with Gasteiger partial charge in [-0.1, -0.05) is 35.6 Å². The Morgan fingerprint density at radius 2 is 2.09 bits per heavy atom. The standard InChI is InChI=1S/C25H22N2O4S2/c1-4-30-24(29)21-14(2)26-25-27(22(21)19-10-7-11-32-19)23(28)20(33-25)13-17-12-16-8-5-6-9-18(16)31-15(17)3/h5-13,15,22H,4H2,1-3H3/b20-13-/t15-,22-/m0/s1. The first-order valence-corrected chi connectivity index (χ1v) is 12.4. The molecular formula is C25H22N2O4S2. The molecule has 0 bridgehead atoms. The molecule has 0 N–H and O–H groups in total. The number of rotatable bonds is 4. The van der Waals surface area contributed by atoms with Gasteiger partial charge in [-0.3, -0.25) is 9.36 Å². The van der Waals surface area contributed by atoms with Crippen molar-refractivity contribution in [2.24, 2.45) is 4.99 Å². The predicted octanol–water partition coefficient (Wildman–Crippen LogP) is 3.68. The minimum atomic E-state index is -0.558. The van der Waals surface area contributed by atoms with Gasteiger partial charge in [-0.25, -0.2) is 9.79 Å². The van der Waals surface area contributed by atoms with Crippen molar-refractivity contribution in [2.45, 2.75) is 32.9 Å². The molecule has 33 heavy (non-hydrogen) atoms. The fraction of sp³-hybridized carbons (Fsp3) is 0.240. The number of para-hydroxylation sites is 1. The molecule has 168 valence electrons. The first kappa shape index (κ1) is 21.6. The van der Waals surface area contributed by atoms with Crippen molar-refractivity contribution in [1.82, 2.24) is 4.57 Å². The maximum atomic E-state index is 13.6. The van der Waals surface area contributed by atoms with Crippen molar-refractivity contribution in [2.75, 3.05) is 6.61 Å². The molecule has 6 nitrogen and oxygen atoms in total. The molecule has 0 radical (unpaired) electrons. The Balaban J connectivity index is 1.68. The van der Waals surface area contributed by atoms with Crippen molar-refractivity contribution in [1.29, 1.82) is 0 Å². The van der Waals surface area contributed by atoms with E-state index in [1.165, 1.54) is 22.7 Å². The Hall–Kier alpha value is -3.23. The predicted molar refractivity (Wildman–Crippen MR) is 130 cm³/mol. The summed E-state index contributed by atoms with van der Waals surface area (Å²) in [6.07, 6.45) is 3.73. The molecule has 0 aliphatic carbocycles. The summed E-state index contributed by atoms with van der Waals surface area (Å²) in [6, 6.07) is 11.1. The number of fused-ring (bicyclic) bond motifs is 2. The molecule has 4 heterocycles. The van der Waals surface area contributed by atoms with Crippen LogP contribution in [0, 0.1) is 0 Å². The van der Waals surface area contributed by atoms with E-state index < -0.39 is 12.0 Å². The highest BCUT2D eigenvalue weighted by Gasteiger charge is 2.34. The Kier molecular flexibility index (Phi) is 5.64. The largest absolute Gasteiger partial charge is 0.485 e. The number of allylic oxidation sites excluding steroid dienone is 1. The van der Waals surface area contributed by atoms with Gasteiger partial charge < -0.3 is 9.47 Å². The molecule has 2 aromatic heterocycles. The topological polar surface area (TPSA) is 69.9 Å². The third-order valence-corrected chi connectivity index (χ3v) is 7.55. The second-order valence-electron chi connectivity index (χ2n) is 7.76. The second-order valence-corrected chi connectivity index (χ2v) is 9.75. The highest BCUT2D eigenvalue weighted by molar-refractivity contribution is 7.10. The van der Waals surface area contributed by atoms with Crippen LogP contribution < -0.4 is 19.6 Å². The summed E-state index contributed by atoms with van der Waals surface area (Å²) < 4.78 is 13.5. The van der Waals surface area contributed by atoms with Crippen LogP contribution >= 0.6 is 22.7 Å². The fourth-order valence-corrected chi connectivity index (χ4v) is 5.95. The summed E-state index contributed by atoms with van der Waals surface area (Å²) >= 11 is 2.82. The molecule has 2 atom stereocenters. The molecule has 1 aromatic carbocycles. The molecule has 0 saturated carbocycles. The summed E-state index contributed by atoms with van der Waals surface area (Å²) in [5, 5.41) is 1.94. The second kappa shape index (κ2) is 8.61. The third-order valence-electron chi connectivity index (χ3n) is 5.64. The number of hydrogen-bond acceptors (Lipinski definition) is 7. The van der Waals surface area contributed by atoms with Crippen LogP contribution in [0.15, 0.2) is 68.4 Å². The molecule has 5 rings (SSSR count). The van der Waals surface area contributed by atoms with Crippen LogP contribution in [0.2, 0.25) is 0 Å². The van der Waals surface area contributed by atoms with Crippen LogP contribution in [0.1, 0.15) is 37.3 Å². The first-order valence-electron chi connectivity index (χ1n) is 10.7. The zero-order valence-electron chi connectivity index (χ0n) is 18.4. The van der Waals surface area contributed by atoms with Gasteiger partial charge in [0, 0.05) is 10.4 Å². The monoisotopic (exact) mass is 478 g/mol. The summed E-state index contributed by atoms with van der Waals surface area (Å²) in [5.41, 5.74) is 2.68. The number of carbonyl (C=O) groups excluding carboxylic acids is 1. The van der Waals surface area contributed by atoms with Gasteiger partial charge >= 0.3 is 5.97 Å². The third kappa shape index (κ3) is 3.79. The van der Waals surface area contributed by atoms with Crippen molar-refractivity contribution in [3.05, 3.63) is 88.7 Å². The summed E-state index contributed by atoms with van der Waals surface area (Å²) in [7, 11) is 0. The number of hydrogen-bond donors (Lipinski definition) is 0. The van der Waals surface area contributed by atoms with E-state index in [0.29, 0.717) is 20.6 Å². The molecule has 0 fully saturated rings. The average molecular weight is 479 g/mol. The lowest BCUT2D eigenvalue weighted by Gasteiger charge is -2.23. The Morgan fingerprint density at radius 1 is 1.27 bits per heavy atom. The first-order chi connectivity index (χ1) is 16.0. The Labute approximate surface area is 198 Å². The van der Waals surface area contributed by atoms with E-state index in [4.69, 9.17) is 9.47 Å². The molecule has 0 saturated heterocycles. The van der Waals surface area contributed by atoms with E-state index in [-0.39, 0.29) is 18.3 Å². The van der Waals surface area contributed by atoms with Crippen LogP contribution in [0.3, 0.4) is 0 Å². The van der Waals surface area contributed by atoms with E-state index >= 15 is 0 Å². The highest BCUT2D eigenvalue weighted by atomic mass is 32.1. The van der Waals surface area contributed by atoms with Crippen LogP contribution in [0.4, 0.5) is 0 Å². The number of benzene rings is 1. The highest BCUT2D eigenvalue weighted by Crippen LogP contribution is 2.33. The summed E-state index contributed by atoms with van der Waals surface area (Å²) in [5.74, 6) is 0.385. The zero-order valence-corrected chi connectivity index (χ0v) is 20.0. The van der Waals surface area contributed by atoms with Crippen molar-refractivity contribution in [3.8, 4) is 5.75 Å². The minimum Gasteiger partial charge on any atom is -0.485 e. The number of thiophene rings is 1. The average Bonchev–Trinajstić information content (AvgIpc) is 3.42. The van der Waals surface area contributed by atoms with Gasteiger partial charge in [-0.15, -0.1) is 11.3 Å². The van der Waals surface area contributed by atoms with Gasteiger partial charge in [0.25, 0.3) is 5.56 Å². The van der Waals surface area contributed by atoms with E-state index in [1.807, 2.05) is 60.9 Å². The maximum absolute atomic E-state index is 13.6. The van der Waals surface area contributed by atoms with Gasteiger partial charge in [0.1, 0.15) is 17.9 Å². The van der Waals surface area contributed by atoms with Crippen LogP contribution in [-0.4, -0.2) is 23.2 Å². The van der Waals surface area contributed by atoms with Crippen molar-refractivity contribution in [3.63, 3.8) is 0 Å². The molecular weight excluding hydrogens is 456 g/mol. The van der Waals surface area contributed by atoms with Crippen LogP contribution in [-0.2, 0) is 9.53 Å². The zero-order chi connectivity index (χ0) is 23.1. The molecule has 2 aliphatic rings. The van der Waals surface area contributed by atoms with Gasteiger partial charge in [-0.2, -0.15) is 0 Å². The quantitative estimate of drug-likeness (QED) is 0.537. The van der Waals surface area contributed by atoms with Gasteiger partial charge in [0.05, 0.1) is 22.4 Å². The smallest absolute Gasteiger partial charge is 0.338 e. The molecule has 0 spiro atoms. The normalized spacial score (nSPS) is 19.8. The number of ether oxygens (including phenoxy) is 2. The Morgan fingerprint density at radius 3 is 2.85 bits per heavy atom. The number of esters is 1. The molecule has 3 aromatic rings. The minimum absolute atomic E-state index is 0.182. The van der Waals surface area contributed by atoms with Crippen LogP contribution in [0.25, 0.3) is 12.2 Å². The van der Waals surface area contributed by atoms with E-state index in [0.717, 1.165) is 21.8 Å². The lowest BCUT2D eigenvalue weighted by Crippen LogP contribution is -2.39. The number of nitrogens with zero attached hydrogens (tertiary/aromatic N) is 2. The fourth-order valence-electron chi connectivity index (χ4n) is 4.08. The van der Waals surface area contributed by atoms with Gasteiger partial charge in [0.15, 0.2) is 4.80 Å². The molecule has 0 unspecified atom stereocenters. The molecule has 2 aliphatic heterocycles. The maximum Gasteiger partial charge on any atom is 0.338 e. The van der Waals surface area contributed by atoms with Crippen molar-refractivity contribution < 1.29 is 14.3 Å². The summed E-state index contributed by atoms with van der Waals surface area (Å²) in [6.45, 7) is 5.78. The van der Waals surface area contributed by atoms with Gasteiger partial charge in [-0.05, 0) is 56.0 Å². The molecule has 0 amide bonds. The SMILES string of the molecule is CCOC(=O)C1=C(C)N=c2s/c(=C\C3=Cc4ccccc4O[C@H]3C)c(=O)n2[C@H]1c1cccs1. The van der Waals surface area contributed by atoms with E-state index in [9.17, 15) is 9.59 Å². The lowest BCUT2D eigenvalue weighted by atomic mass is 10.0. The van der Waals surface area contributed by atoms with E-state index in [2.05, 4.69) is 4.99 Å². The lowest BCUT2D eigenvalue weighted by molar-refractivity contribution is -0.139. The number of aromatic nitrogens is 1. The number of thiazole rings is 1. The number of carbonyl (C=O) groups is 1. The van der Waals surface area contributed by atoms with Crippen LogP contribution in [0.5, 0.6) is 5.75 Å². The van der Waals surface area contributed by atoms with E-state index in [1.54, 1.807) is 18.4 Å².